The second-order valence-electron chi connectivity index (χ2n) is 9.81. The van der Waals surface area contributed by atoms with Crippen molar-refractivity contribution in [3.63, 3.8) is 0 Å². The van der Waals surface area contributed by atoms with Gasteiger partial charge in [0.25, 0.3) is 5.69 Å². The third-order valence-electron chi connectivity index (χ3n) is 7.51. The molecular formula is C29H32N4O4. The molecule has 2 atom stereocenters. The largest absolute Gasteiger partial charge is 0.497 e. The van der Waals surface area contributed by atoms with E-state index < -0.39 is 0 Å². The molecule has 2 heterocycles. The number of nitro benzene ring substituents is 1. The van der Waals surface area contributed by atoms with Gasteiger partial charge in [-0.2, -0.15) is 0 Å². The molecule has 3 aromatic rings. The highest BCUT2D eigenvalue weighted by Gasteiger charge is 2.42. The fourth-order valence-corrected chi connectivity index (χ4v) is 5.47. The minimum atomic E-state index is -0.369. The number of nitrogens with zero attached hydrogens (tertiary/aromatic N) is 3. The second-order valence-corrected chi connectivity index (χ2v) is 9.81. The number of methoxy groups -OCH3 is 1. The SMILES string of the molecule is COc1ccc(CCNC(=O)[C@H]2Cc3cc([N+](=O)[O-])ccc3N3CCN(c4ccc(C)cc4)C[C@@H]23)cc1. The topological polar surface area (TPSA) is 87.9 Å². The first-order valence-electron chi connectivity index (χ1n) is 12.7. The zero-order valence-corrected chi connectivity index (χ0v) is 21.2. The van der Waals surface area contributed by atoms with Crippen molar-refractivity contribution in [1.82, 2.24) is 5.32 Å². The van der Waals surface area contributed by atoms with E-state index in [0.29, 0.717) is 19.4 Å². The van der Waals surface area contributed by atoms with Crippen molar-refractivity contribution in [2.75, 3.05) is 43.1 Å². The van der Waals surface area contributed by atoms with Crippen LogP contribution in [0.4, 0.5) is 17.1 Å². The van der Waals surface area contributed by atoms with Crippen LogP contribution in [0.25, 0.3) is 0 Å². The molecule has 2 aliphatic heterocycles. The summed E-state index contributed by atoms with van der Waals surface area (Å²) in [5.74, 6) is 0.489. The van der Waals surface area contributed by atoms with Crippen LogP contribution in [0.1, 0.15) is 16.7 Å². The average molecular weight is 501 g/mol. The lowest BCUT2D eigenvalue weighted by Gasteiger charge is -2.49. The van der Waals surface area contributed by atoms with Crippen molar-refractivity contribution in [2.24, 2.45) is 5.92 Å². The molecule has 192 valence electrons. The van der Waals surface area contributed by atoms with Gasteiger partial charge in [-0.25, -0.2) is 0 Å². The van der Waals surface area contributed by atoms with Crippen molar-refractivity contribution in [2.45, 2.75) is 25.8 Å². The third-order valence-corrected chi connectivity index (χ3v) is 7.51. The van der Waals surface area contributed by atoms with Gasteiger partial charge in [-0.05, 0) is 61.2 Å². The number of rotatable bonds is 7. The molecule has 0 unspecified atom stereocenters. The third kappa shape index (κ3) is 5.23. The molecule has 0 aliphatic carbocycles. The monoisotopic (exact) mass is 500 g/mol. The number of ether oxygens (including phenoxy) is 1. The number of fused-ring (bicyclic) bond motifs is 3. The molecule has 3 aromatic carbocycles. The zero-order chi connectivity index (χ0) is 25.9. The Morgan fingerprint density at radius 2 is 1.84 bits per heavy atom. The highest BCUT2D eigenvalue weighted by atomic mass is 16.6. The Bertz CT molecular complexity index is 1280. The predicted octanol–water partition coefficient (Wildman–Crippen LogP) is 4.14. The van der Waals surface area contributed by atoms with Crippen molar-refractivity contribution >= 4 is 23.0 Å². The predicted molar refractivity (Wildman–Crippen MR) is 145 cm³/mol. The minimum Gasteiger partial charge on any atom is -0.497 e. The highest BCUT2D eigenvalue weighted by molar-refractivity contribution is 5.82. The number of non-ortho nitro benzene ring substituents is 1. The van der Waals surface area contributed by atoms with Gasteiger partial charge in [-0.3, -0.25) is 14.9 Å². The standard InChI is InChI=1S/C29H32N4O4/c1-20-3-7-23(8-4-20)31-15-16-32-27-12-9-24(33(35)36)17-22(27)18-26(28(32)19-31)29(34)30-14-13-21-5-10-25(37-2)11-6-21/h3-12,17,26,28H,13-16,18-19H2,1-2H3,(H,30,34)/t26-,28-/m0/s1. The van der Waals surface area contributed by atoms with Gasteiger partial charge in [0.2, 0.25) is 5.91 Å². The number of nitrogens with one attached hydrogen (secondary N) is 1. The summed E-state index contributed by atoms with van der Waals surface area (Å²) in [5, 5.41) is 14.6. The van der Waals surface area contributed by atoms with Gasteiger partial charge in [0.15, 0.2) is 0 Å². The van der Waals surface area contributed by atoms with E-state index in [4.69, 9.17) is 4.74 Å². The maximum atomic E-state index is 13.5. The maximum absolute atomic E-state index is 13.5. The van der Waals surface area contributed by atoms with Crippen molar-refractivity contribution in [3.05, 3.63) is 93.5 Å². The van der Waals surface area contributed by atoms with Crippen LogP contribution in [0.2, 0.25) is 0 Å². The van der Waals surface area contributed by atoms with Crippen molar-refractivity contribution < 1.29 is 14.5 Å². The summed E-state index contributed by atoms with van der Waals surface area (Å²) in [5.41, 5.74) is 5.42. The van der Waals surface area contributed by atoms with Gasteiger partial charge in [0, 0.05) is 49.7 Å². The van der Waals surface area contributed by atoms with E-state index in [1.54, 1.807) is 19.2 Å². The molecule has 5 rings (SSSR count). The van der Waals surface area contributed by atoms with Gasteiger partial charge in [-0.1, -0.05) is 29.8 Å². The van der Waals surface area contributed by atoms with Crippen molar-refractivity contribution in [3.8, 4) is 5.75 Å². The molecule has 8 nitrogen and oxygen atoms in total. The molecule has 0 radical (unpaired) electrons. The van der Waals surface area contributed by atoms with E-state index >= 15 is 0 Å². The lowest BCUT2D eigenvalue weighted by atomic mass is 9.83. The molecule has 0 saturated carbocycles. The number of aryl methyl sites for hydroxylation is 1. The number of benzene rings is 3. The summed E-state index contributed by atoms with van der Waals surface area (Å²) in [4.78, 5) is 29.2. The first-order valence-corrected chi connectivity index (χ1v) is 12.7. The fraction of sp³-hybridized carbons (Fsp3) is 0.345. The summed E-state index contributed by atoms with van der Waals surface area (Å²) in [7, 11) is 1.64. The molecule has 0 aromatic heterocycles. The Morgan fingerprint density at radius 3 is 2.54 bits per heavy atom. The van der Waals surface area contributed by atoms with Crippen LogP contribution in [0.5, 0.6) is 5.75 Å². The van der Waals surface area contributed by atoms with Crippen LogP contribution >= 0.6 is 0 Å². The number of amides is 1. The molecule has 37 heavy (non-hydrogen) atoms. The Hall–Kier alpha value is -4.07. The van der Waals surface area contributed by atoms with Crippen LogP contribution in [-0.4, -0.2) is 50.2 Å². The van der Waals surface area contributed by atoms with E-state index in [2.05, 4.69) is 46.3 Å². The molecule has 0 spiro atoms. The number of piperazine rings is 1. The Kier molecular flexibility index (Phi) is 6.99. The molecule has 8 heteroatoms. The van der Waals surface area contributed by atoms with Gasteiger partial charge in [-0.15, -0.1) is 0 Å². The van der Waals surface area contributed by atoms with Gasteiger partial charge in [0.05, 0.1) is 24.0 Å². The molecule has 1 saturated heterocycles. The molecule has 1 N–H and O–H groups in total. The first-order chi connectivity index (χ1) is 17.9. The number of carbonyl (C=O) groups excluding carboxylic acids is 1. The smallest absolute Gasteiger partial charge is 0.269 e. The van der Waals surface area contributed by atoms with E-state index in [1.165, 1.54) is 5.56 Å². The summed E-state index contributed by atoms with van der Waals surface area (Å²) < 4.78 is 5.22. The average Bonchev–Trinajstić information content (AvgIpc) is 2.92. The molecular weight excluding hydrogens is 468 g/mol. The number of hydrogen-bond acceptors (Lipinski definition) is 6. The first kappa shape index (κ1) is 24.6. The van der Waals surface area contributed by atoms with Crippen LogP contribution < -0.4 is 19.9 Å². The Balaban J connectivity index is 1.35. The summed E-state index contributed by atoms with van der Waals surface area (Å²) in [6.07, 6.45) is 1.20. The van der Waals surface area contributed by atoms with Crippen molar-refractivity contribution in [1.29, 1.82) is 0 Å². The molecule has 2 aliphatic rings. The quantitative estimate of drug-likeness (QED) is 0.388. The van der Waals surface area contributed by atoms with Gasteiger partial charge >= 0.3 is 0 Å². The second kappa shape index (κ2) is 10.5. The van der Waals surface area contributed by atoms with E-state index in [1.807, 2.05) is 30.3 Å². The van der Waals surface area contributed by atoms with Crippen LogP contribution in [0.15, 0.2) is 66.7 Å². The number of carbonyl (C=O) groups is 1. The van der Waals surface area contributed by atoms with E-state index in [9.17, 15) is 14.9 Å². The lowest BCUT2D eigenvalue weighted by molar-refractivity contribution is -0.384. The Labute approximate surface area is 217 Å². The summed E-state index contributed by atoms with van der Waals surface area (Å²) in [6, 6.07) is 21.4. The summed E-state index contributed by atoms with van der Waals surface area (Å²) >= 11 is 0. The maximum Gasteiger partial charge on any atom is 0.269 e. The van der Waals surface area contributed by atoms with Crippen LogP contribution in [0, 0.1) is 23.0 Å². The van der Waals surface area contributed by atoms with Gasteiger partial charge in [0.1, 0.15) is 5.75 Å². The molecule has 1 amide bonds. The summed E-state index contributed by atoms with van der Waals surface area (Å²) in [6.45, 7) is 4.89. The van der Waals surface area contributed by atoms with E-state index in [0.717, 1.165) is 47.9 Å². The van der Waals surface area contributed by atoms with Gasteiger partial charge < -0.3 is 19.9 Å². The normalized spacial score (nSPS) is 18.5. The molecule has 1 fully saturated rings. The lowest BCUT2D eigenvalue weighted by Crippen LogP contribution is -2.61. The molecule has 0 bridgehead atoms. The highest BCUT2D eigenvalue weighted by Crippen LogP contribution is 2.38. The number of nitro groups is 1. The van der Waals surface area contributed by atoms with Crippen LogP contribution in [0.3, 0.4) is 0 Å². The fourth-order valence-electron chi connectivity index (χ4n) is 5.47. The Morgan fingerprint density at radius 1 is 1.08 bits per heavy atom. The van der Waals surface area contributed by atoms with Crippen LogP contribution in [-0.2, 0) is 17.6 Å². The number of anilines is 2. The zero-order valence-electron chi connectivity index (χ0n) is 21.2. The van der Waals surface area contributed by atoms with E-state index in [-0.39, 0.29) is 28.5 Å². The number of hydrogen-bond donors (Lipinski definition) is 1. The minimum absolute atomic E-state index is 0.00794.